The van der Waals surface area contributed by atoms with Gasteiger partial charge in [-0.15, -0.1) is 0 Å². The van der Waals surface area contributed by atoms with Crippen LogP contribution in [0.1, 0.15) is 20.8 Å². The van der Waals surface area contributed by atoms with Crippen molar-refractivity contribution in [3.63, 3.8) is 0 Å². The van der Waals surface area contributed by atoms with Crippen LogP contribution in [0, 0.1) is 0 Å². The van der Waals surface area contributed by atoms with Gasteiger partial charge in [0.05, 0.1) is 6.54 Å². The van der Waals surface area contributed by atoms with Crippen molar-refractivity contribution < 1.29 is 18.7 Å². The van der Waals surface area contributed by atoms with E-state index < -0.39 is 25.0 Å². The molecule has 90 valence electrons. The monoisotopic (exact) mass is 224 g/mol. The van der Waals surface area contributed by atoms with Gasteiger partial charge in [-0.2, -0.15) is 0 Å². The topological polar surface area (TPSA) is 61.4 Å². The average Bonchev–Trinajstić information content (AvgIpc) is 2.09. The van der Waals surface area contributed by atoms with Crippen molar-refractivity contribution in [2.75, 3.05) is 13.1 Å². The van der Waals surface area contributed by atoms with Crippen molar-refractivity contribution in [3.8, 4) is 0 Å². The molecular formula is C9H18F2N2O2. The Labute approximate surface area is 88.0 Å². The summed E-state index contributed by atoms with van der Waals surface area (Å²) in [5, 5.41) is 13.8. The van der Waals surface area contributed by atoms with E-state index in [1.807, 2.05) is 20.8 Å². The van der Waals surface area contributed by atoms with Gasteiger partial charge in [-0.3, -0.25) is 4.79 Å². The van der Waals surface area contributed by atoms with E-state index in [1.165, 1.54) is 0 Å². The Morgan fingerprint density at radius 2 is 1.93 bits per heavy atom. The van der Waals surface area contributed by atoms with Gasteiger partial charge < -0.3 is 15.7 Å². The first-order valence-corrected chi connectivity index (χ1v) is 4.70. The Morgan fingerprint density at radius 1 is 1.40 bits per heavy atom. The fourth-order valence-corrected chi connectivity index (χ4v) is 0.715. The minimum atomic E-state index is -2.83. The molecule has 0 radical (unpaired) electrons. The quantitative estimate of drug-likeness (QED) is 0.621. The first-order chi connectivity index (χ1) is 6.72. The molecule has 15 heavy (non-hydrogen) atoms. The zero-order valence-electron chi connectivity index (χ0n) is 9.18. The molecule has 3 N–H and O–H groups in total. The van der Waals surface area contributed by atoms with Crippen molar-refractivity contribution in [1.29, 1.82) is 0 Å². The average molecular weight is 224 g/mol. The Morgan fingerprint density at radius 3 is 2.33 bits per heavy atom. The summed E-state index contributed by atoms with van der Waals surface area (Å²) >= 11 is 0. The summed E-state index contributed by atoms with van der Waals surface area (Å²) in [5.74, 6) is -0.412. The third kappa shape index (κ3) is 8.26. The highest BCUT2D eigenvalue weighted by molar-refractivity contribution is 5.78. The molecule has 0 aromatic heterocycles. The molecule has 0 aromatic rings. The van der Waals surface area contributed by atoms with Crippen LogP contribution in [0.3, 0.4) is 0 Å². The standard InChI is InChI=1S/C9H18F2N2O2/c1-9(2,3)13-5-7(15)12-4-6(14)8(10)11/h6,8,13-14H,4-5H2,1-3H3,(H,12,15). The summed E-state index contributed by atoms with van der Waals surface area (Å²) in [7, 11) is 0. The largest absolute Gasteiger partial charge is 0.385 e. The number of alkyl halides is 2. The highest BCUT2D eigenvalue weighted by Crippen LogP contribution is 1.99. The molecule has 0 aliphatic rings. The minimum absolute atomic E-state index is 0.0411. The maximum atomic E-state index is 11.8. The highest BCUT2D eigenvalue weighted by atomic mass is 19.3. The fourth-order valence-electron chi connectivity index (χ4n) is 0.715. The molecule has 0 heterocycles. The lowest BCUT2D eigenvalue weighted by Gasteiger charge is -2.20. The lowest BCUT2D eigenvalue weighted by Crippen LogP contribution is -2.45. The molecule has 0 saturated heterocycles. The smallest absolute Gasteiger partial charge is 0.265 e. The van der Waals surface area contributed by atoms with Gasteiger partial charge in [0.25, 0.3) is 6.43 Å². The number of rotatable bonds is 5. The van der Waals surface area contributed by atoms with Crippen LogP contribution in [0.5, 0.6) is 0 Å². The number of hydrogen-bond acceptors (Lipinski definition) is 3. The predicted octanol–water partition coefficient (Wildman–Crippen LogP) is 0.117. The summed E-state index contributed by atoms with van der Waals surface area (Å²) in [5.41, 5.74) is -0.210. The van der Waals surface area contributed by atoms with E-state index in [1.54, 1.807) is 0 Å². The Balaban J connectivity index is 3.67. The van der Waals surface area contributed by atoms with Gasteiger partial charge >= 0.3 is 0 Å². The van der Waals surface area contributed by atoms with E-state index in [2.05, 4.69) is 10.6 Å². The number of carbonyl (C=O) groups is 1. The highest BCUT2D eigenvalue weighted by Gasteiger charge is 2.18. The van der Waals surface area contributed by atoms with Crippen molar-refractivity contribution in [2.45, 2.75) is 38.8 Å². The first-order valence-electron chi connectivity index (χ1n) is 4.70. The second kappa shape index (κ2) is 5.97. The lowest BCUT2D eigenvalue weighted by atomic mass is 10.1. The SMILES string of the molecule is CC(C)(C)NCC(=O)NCC(O)C(F)F. The van der Waals surface area contributed by atoms with Crippen LogP contribution in [0.2, 0.25) is 0 Å². The zero-order chi connectivity index (χ0) is 12.1. The van der Waals surface area contributed by atoms with Crippen molar-refractivity contribution in [2.24, 2.45) is 0 Å². The summed E-state index contributed by atoms with van der Waals surface area (Å²) in [6.45, 7) is 5.26. The fraction of sp³-hybridized carbons (Fsp3) is 0.889. The van der Waals surface area contributed by atoms with Gasteiger partial charge in [0.2, 0.25) is 5.91 Å². The summed E-state index contributed by atoms with van der Waals surface area (Å²) in [6.07, 6.45) is -4.63. The van der Waals surface area contributed by atoms with E-state index in [0.717, 1.165) is 0 Å². The summed E-state index contributed by atoms with van der Waals surface area (Å²) in [4.78, 5) is 11.1. The van der Waals surface area contributed by atoms with Gasteiger partial charge in [-0.05, 0) is 20.8 Å². The van der Waals surface area contributed by atoms with Crippen LogP contribution in [0.15, 0.2) is 0 Å². The normalized spacial score (nSPS) is 14.1. The van der Waals surface area contributed by atoms with Crippen LogP contribution in [0.4, 0.5) is 8.78 Å². The second-order valence-electron chi connectivity index (χ2n) is 4.31. The summed E-state index contributed by atoms with van der Waals surface area (Å²) < 4.78 is 23.7. The molecule has 1 unspecified atom stereocenters. The molecule has 6 heteroatoms. The van der Waals surface area contributed by atoms with Gasteiger partial charge in [0, 0.05) is 12.1 Å². The third-order valence-corrected chi connectivity index (χ3v) is 1.58. The molecule has 0 rings (SSSR count). The van der Waals surface area contributed by atoms with Crippen LogP contribution in [-0.4, -0.2) is 42.2 Å². The predicted molar refractivity (Wildman–Crippen MR) is 52.8 cm³/mol. The maximum absolute atomic E-state index is 11.8. The van der Waals surface area contributed by atoms with Crippen molar-refractivity contribution in [1.82, 2.24) is 10.6 Å². The Hall–Kier alpha value is -0.750. The molecule has 0 saturated carbocycles. The van der Waals surface area contributed by atoms with Gasteiger partial charge in [-0.25, -0.2) is 8.78 Å². The molecule has 4 nitrogen and oxygen atoms in total. The van der Waals surface area contributed by atoms with E-state index >= 15 is 0 Å². The number of halogens is 2. The van der Waals surface area contributed by atoms with E-state index in [4.69, 9.17) is 5.11 Å². The molecule has 0 aliphatic heterocycles. The first kappa shape index (κ1) is 14.2. The molecule has 0 spiro atoms. The van der Waals surface area contributed by atoms with E-state index in [-0.39, 0.29) is 12.1 Å². The Bertz CT molecular complexity index is 205. The number of amides is 1. The molecular weight excluding hydrogens is 206 g/mol. The lowest BCUT2D eigenvalue weighted by molar-refractivity contribution is -0.121. The maximum Gasteiger partial charge on any atom is 0.265 e. The van der Waals surface area contributed by atoms with Crippen LogP contribution in [0.25, 0.3) is 0 Å². The molecule has 1 atom stereocenters. The zero-order valence-corrected chi connectivity index (χ0v) is 9.18. The minimum Gasteiger partial charge on any atom is -0.385 e. The van der Waals surface area contributed by atoms with Gasteiger partial charge in [-0.1, -0.05) is 0 Å². The second-order valence-corrected chi connectivity index (χ2v) is 4.31. The Kier molecular flexibility index (Phi) is 5.67. The number of aliphatic hydroxyl groups is 1. The van der Waals surface area contributed by atoms with Gasteiger partial charge in [0.1, 0.15) is 6.10 Å². The van der Waals surface area contributed by atoms with Crippen LogP contribution in [-0.2, 0) is 4.79 Å². The molecule has 0 aliphatic carbocycles. The molecule has 0 bridgehead atoms. The molecule has 1 amide bonds. The summed E-state index contributed by atoms with van der Waals surface area (Å²) in [6, 6.07) is 0. The van der Waals surface area contributed by atoms with Crippen LogP contribution >= 0.6 is 0 Å². The van der Waals surface area contributed by atoms with E-state index in [9.17, 15) is 13.6 Å². The van der Waals surface area contributed by atoms with E-state index in [0.29, 0.717) is 0 Å². The third-order valence-electron chi connectivity index (χ3n) is 1.58. The number of carbonyl (C=O) groups excluding carboxylic acids is 1. The van der Waals surface area contributed by atoms with Crippen molar-refractivity contribution in [3.05, 3.63) is 0 Å². The number of aliphatic hydroxyl groups excluding tert-OH is 1. The van der Waals surface area contributed by atoms with Crippen molar-refractivity contribution >= 4 is 5.91 Å². The van der Waals surface area contributed by atoms with Crippen LogP contribution < -0.4 is 10.6 Å². The number of hydrogen-bond donors (Lipinski definition) is 3. The number of nitrogens with one attached hydrogen (secondary N) is 2. The molecule has 0 fully saturated rings. The van der Waals surface area contributed by atoms with Gasteiger partial charge in [0.15, 0.2) is 0 Å². The molecule has 0 aromatic carbocycles.